The number of aromatic nitrogens is 2. The lowest BCUT2D eigenvalue weighted by Gasteiger charge is -2.25. The van der Waals surface area contributed by atoms with Gasteiger partial charge in [0.1, 0.15) is 23.1 Å². The Kier molecular flexibility index (Phi) is 5.20. The summed E-state index contributed by atoms with van der Waals surface area (Å²) in [6.07, 6.45) is 0. The smallest absolute Gasteiger partial charge is 0.244 e. The summed E-state index contributed by atoms with van der Waals surface area (Å²) in [7, 11) is 3.13. The highest BCUT2D eigenvalue weighted by Crippen LogP contribution is 2.50. The molecule has 3 aromatic rings. The number of hydrogen-bond acceptors (Lipinski definition) is 6. The quantitative estimate of drug-likeness (QED) is 0.610. The standard InChI is InChI=1S/C21H16Cl2N4O3/c1-28-10-6-7-15(29-2)11(8-10)19-18-16(17-13(22)4-3-5-14(17)23)12(9-24)20(25)30-21(18)27-26-19/h3-8,16H,25H2,1-2H3,(H,26,27)/t16-/m1/s1. The summed E-state index contributed by atoms with van der Waals surface area (Å²) in [6.45, 7) is 0. The van der Waals surface area contributed by atoms with Crippen molar-refractivity contribution >= 4 is 23.2 Å². The fraction of sp³-hybridized carbons (Fsp3) is 0.143. The number of benzene rings is 2. The Morgan fingerprint density at radius 1 is 1.13 bits per heavy atom. The van der Waals surface area contributed by atoms with E-state index in [-0.39, 0.29) is 17.3 Å². The van der Waals surface area contributed by atoms with Crippen LogP contribution in [0.4, 0.5) is 0 Å². The normalized spacial score (nSPS) is 15.2. The highest BCUT2D eigenvalue weighted by atomic mass is 35.5. The lowest BCUT2D eigenvalue weighted by atomic mass is 9.82. The van der Waals surface area contributed by atoms with Crippen LogP contribution in [0.5, 0.6) is 17.4 Å². The monoisotopic (exact) mass is 442 g/mol. The van der Waals surface area contributed by atoms with E-state index in [1.165, 1.54) is 0 Å². The van der Waals surface area contributed by atoms with Crippen LogP contribution < -0.4 is 19.9 Å². The molecule has 0 aliphatic carbocycles. The van der Waals surface area contributed by atoms with Crippen molar-refractivity contribution in [3.63, 3.8) is 0 Å². The highest BCUT2D eigenvalue weighted by molar-refractivity contribution is 6.36. The largest absolute Gasteiger partial charge is 0.497 e. The van der Waals surface area contributed by atoms with E-state index in [1.807, 2.05) is 0 Å². The number of aromatic amines is 1. The number of nitrogens with zero attached hydrogens (tertiary/aromatic N) is 2. The molecule has 3 N–H and O–H groups in total. The van der Waals surface area contributed by atoms with Crippen LogP contribution in [0.3, 0.4) is 0 Å². The Bertz CT molecular complexity index is 1190. The van der Waals surface area contributed by atoms with Crippen LogP contribution >= 0.6 is 23.2 Å². The zero-order valence-corrected chi connectivity index (χ0v) is 17.5. The van der Waals surface area contributed by atoms with Gasteiger partial charge in [0.25, 0.3) is 0 Å². The van der Waals surface area contributed by atoms with Gasteiger partial charge in [-0.1, -0.05) is 29.3 Å². The van der Waals surface area contributed by atoms with Gasteiger partial charge in [-0.2, -0.15) is 5.26 Å². The lowest BCUT2D eigenvalue weighted by Crippen LogP contribution is -2.21. The van der Waals surface area contributed by atoms with Gasteiger partial charge >= 0.3 is 0 Å². The second-order valence-corrected chi connectivity index (χ2v) is 7.26. The summed E-state index contributed by atoms with van der Waals surface area (Å²) < 4.78 is 16.5. The van der Waals surface area contributed by atoms with Crippen LogP contribution in [0.15, 0.2) is 47.9 Å². The molecular weight excluding hydrogens is 427 g/mol. The second kappa shape index (κ2) is 7.82. The van der Waals surface area contributed by atoms with E-state index in [9.17, 15) is 5.26 Å². The predicted octanol–water partition coefficient (Wildman–Crippen LogP) is 4.62. The van der Waals surface area contributed by atoms with Gasteiger partial charge in [0.15, 0.2) is 0 Å². The minimum Gasteiger partial charge on any atom is -0.497 e. The van der Waals surface area contributed by atoms with Crippen molar-refractivity contribution < 1.29 is 14.2 Å². The van der Waals surface area contributed by atoms with Gasteiger partial charge in [0.05, 0.1) is 31.4 Å². The number of hydrogen-bond donors (Lipinski definition) is 2. The first kappa shape index (κ1) is 20.0. The maximum Gasteiger partial charge on any atom is 0.244 e. The van der Waals surface area contributed by atoms with E-state index in [4.69, 9.17) is 43.1 Å². The summed E-state index contributed by atoms with van der Waals surface area (Å²) in [5.74, 6) is 0.680. The van der Waals surface area contributed by atoms with Gasteiger partial charge in [-0.25, -0.2) is 0 Å². The Balaban J connectivity index is 2.03. The molecule has 0 spiro atoms. The molecule has 4 rings (SSSR count). The molecule has 1 aromatic heterocycles. The molecule has 0 saturated carbocycles. The summed E-state index contributed by atoms with van der Waals surface area (Å²) in [4.78, 5) is 0. The average Bonchev–Trinajstić information content (AvgIpc) is 3.16. The predicted molar refractivity (Wildman–Crippen MR) is 113 cm³/mol. The SMILES string of the molecule is COc1ccc(OC)c(-c2[nH]nc3c2[C@@H](c2c(Cl)cccc2Cl)C(C#N)=C(N)O3)c1. The third kappa shape index (κ3) is 3.11. The van der Waals surface area contributed by atoms with Crippen molar-refractivity contribution in [2.24, 2.45) is 5.73 Å². The van der Waals surface area contributed by atoms with E-state index in [0.717, 1.165) is 0 Å². The topological polar surface area (TPSA) is 106 Å². The highest BCUT2D eigenvalue weighted by Gasteiger charge is 2.38. The summed E-state index contributed by atoms with van der Waals surface area (Å²) in [6, 6.07) is 12.6. The Labute approximate surface area is 182 Å². The molecule has 2 heterocycles. The molecular formula is C21H16Cl2N4O3. The van der Waals surface area contributed by atoms with Gasteiger partial charge in [-0.05, 0) is 30.3 Å². The van der Waals surface area contributed by atoms with Crippen molar-refractivity contribution in [2.45, 2.75) is 5.92 Å². The summed E-state index contributed by atoms with van der Waals surface area (Å²) in [5.41, 5.74) is 8.56. The number of nitrogens with two attached hydrogens (primary N) is 1. The zero-order valence-electron chi connectivity index (χ0n) is 16.0. The number of nitrogens with one attached hydrogen (secondary N) is 1. The maximum absolute atomic E-state index is 9.85. The minimum absolute atomic E-state index is 0.0540. The minimum atomic E-state index is -0.690. The van der Waals surface area contributed by atoms with Crippen LogP contribution in [-0.2, 0) is 0 Å². The number of halogens is 2. The summed E-state index contributed by atoms with van der Waals surface area (Å²) >= 11 is 13.0. The number of ether oxygens (including phenoxy) is 3. The Morgan fingerprint density at radius 3 is 2.50 bits per heavy atom. The van der Waals surface area contributed by atoms with E-state index in [2.05, 4.69) is 16.3 Å². The van der Waals surface area contributed by atoms with Crippen molar-refractivity contribution in [1.82, 2.24) is 10.2 Å². The van der Waals surface area contributed by atoms with Crippen molar-refractivity contribution in [3.05, 3.63) is 69.0 Å². The van der Waals surface area contributed by atoms with Gasteiger partial charge in [0.2, 0.25) is 11.8 Å². The van der Waals surface area contributed by atoms with Gasteiger partial charge in [-0.15, -0.1) is 5.10 Å². The number of nitriles is 1. The van der Waals surface area contributed by atoms with E-state index in [1.54, 1.807) is 50.6 Å². The van der Waals surface area contributed by atoms with Crippen LogP contribution in [0, 0.1) is 11.3 Å². The molecule has 1 atom stereocenters. The molecule has 152 valence electrons. The van der Waals surface area contributed by atoms with Gasteiger partial charge in [0, 0.05) is 21.2 Å². The first-order chi connectivity index (χ1) is 14.5. The number of rotatable bonds is 4. The molecule has 1 aliphatic heterocycles. The molecule has 30 heavy (non-hydrogen) atoms. The molecule has 2 aromatic carbocycles. The number of methoxy groups -OCH3 is 2. The van der Waals surface area contributed by atoms with Crippen LogP contribution in [0.25, 0.3) is 11.3 Å². The lowest BCUT2D eigenvalue weighted by molar-refractivity contribution is 0.379. The first-order valence-corrected chi connectivity index (χ1v) is 9.57. The van der Waals surface area contributed by atoms with E-state index < -0.39 is 5.92 Å². The molecule has 9 heteroatoms. The molecule has 7 nitrogen and oxygen atoms in total. The van der Waals surface area contributed by atoms with Gasteiger partial charge in [-0.3, -0.25) is 5.10 Å². The van der Waals surface area contributed by atoms with Crippen molar-refractivity contribution in [2.75, 3.05) is 14.2 Å². The number of allylic oxidation sites excluding steroid dienone is 1. The molecule has 0 saturated heterocycles. The zero-order chi connectivity index (χ0) is 21.4. The fourth-order valence-electron chi connectivity index (χ4n) is 3.53. The van der Waals surface area contributed by atoms with E-state index >= 15 is 0 Å². The Hall–Kier alpha value is -3.34. The van der Waals surface area contributed by atoms with Crippen LogP contribution in [-0.4, -0.2) is 24.4 Å². The summed E-state index contributed by atoms with van der Waals surface area (Å²) in [5, 5.41) is 17.9. The molecule has 0 radical (unpaired) electrons. The molecule has 0 amide bonds. The van der Waals surface area contributed by atoms with Gasteiger partial charge < -0.3 is 19.9 Å². The van der Waals surface area contributed by atoms with E-state index in [0.29, 0.717) is 43.9 Å². The molecule has 0 bridgehead atoms. The van der Waals surface area contributed by atoms with Crippen molar-refractivity contribution in [1.29, 1.82) is 5.26 Å². The molecule has 0 fully saturated rings. The number of fused-ring (bicyclic) bond motifs is 1. The number of H-pyrrole nitrogens is 1. The van der Waals surface area contributed by atoms with Crippen LogP contribution in [0.2, 0.25) is 10.0 Å². The average molecular weight is 443 g/mol. The molecule has 0 unspecified atom stereocenters. The Morgan fingerprint density at radius 2 is 1.87 bits per heavy atom. The first-order valence-electron chi connectivity index (χ1n) is 8.82. The van der Waals surface area contributed by atoms with Crippen molar-refractivity contribution in [3.8, 4) is 34.7 Å². The molecule has 1 aliphatic rings. The second-order valence-electron chi connectivity index (χ2n) is 6.44. The fourth-order valence-corrected chi connectivity index (χ4v) is 4.15. The maximum atomic E-state index is 9.85. The third-order valence-electron chi connectivity index (χ3n) is 4.90. The van der Waals surface area contributed by atoms with Crippen LogP contribution in [0.1, 0.15) is 17.0 Å². The third-order valence-corrected chi connectivity index (χ3v) is 5.56.